The highest BCUT2D eigenvalue weighted by Gasteiger charge is 2.53. The minimum Gasteiger partial charge on any atom is -0.310 e. The summed E-state index contributed by atoms with van der Waals surface area (Å²) in [5.41, 5.74) is 19.1. The molecule has 1 atom stereocenters. The van der Waals surface area contributed by atoms with Crippen molar-refractivity contribution in [1.82, 2.24) is 4.57 Å². The molecule has 2 nitrogen and oxygen atoms in total. The van der Waals surface area contributed by atoms with Crippen molar-refractivity contribution in [2.45, 2.75) is 18.8 Å². The molecule has 1 unspecified atom stereocenters. The quantitative estimate of drug-likeness (QED) is 0.184. The summed E-state index contributed by atoms with van der Waals surface area (Å²) in [6, 6.07) is 60.7. The summed E-state index contributed by atoms with van der Waals surface area (Å²) in [5, 5.41) is 2.49. The highest BCUT2D eigenvalue weighted by Crippen LogP contribution is 2.64. The molecule has 0 saturated heterocycles. The van der Waals surface area contributed by atoms with Gasteiger partial charge in [0, 0.05) is 33.5 Å². The van der Waals surface area contributed by atoms with E-state index in [1.165, 1.54) is 77.6 Å². The Balaban J connectivity index is 1.17. The first-order valence-electron chi connectivity index (χ1n) is 17.9. The van der Waals surface area contributed by atoms with Crippen molar-refractivity contribution in [2.24, 2.45) is 0 Å². The van der Waals surface area contributed by atoms with Gasteiger partial charge in [-0.2, -0.15) is 0 Å². The molecule has 0 fully saturated rings. The van der Waals surface area contributed by atoms with E-state index in [0.717, 1.165) is 23.5 Å². The summed E-state index contributed by atoms with van der Waals surface area (Å²) in [5.74, 6) is 0. The molecule has 11 rings (SSSR count). The number of fused-ring (bicyclic) bond motifs is 12. The molecule has 0 bridgehead atoms. The second-order valence-corrected chi connectivity index (χ2v) is 14.1. The van der Waals surface area contributed by atoms with Crippen LogP contribution in [0.4, 0.5) is 17.1 Å². The molecular weight excluding hydrogens is 617 g/mol. The molecule has 3 aliphatic rings. The molecule has 7 aromatic carbocycles. The van der Waals surface area contributed by atoms with Gasteiger partial charge < -0.3 is 9.47 Å². The van der Waals surface area contributed by atoms with Crippen molar-refractivity contribution in [1.29, 1.82) is 0 Å². The van der Waals surface area contributed by atoms with Gasteiger partial charge in [0.25, 0.3) is 0 Å². The molecule has 51 heavy (non-hydrogen) atoms. The molecule has 8 aromatic rings. The number of aromatic nitrogens is 1. The number of allylic oxidation sites excluding steroid dienone is 4. The molecule has 1 spiro atoms. The fourth-order valence-electron chi connectivity index (χ4n) is 9.48. The number of hydrogen-bond acceptors (Lipinski definition) is 1. The van der Waals surface area contributed by atoms with Crippen molar-refractivity contribution in [3.63, 3.8) is 0 Å². The van der Waals surface area contributed by atoms with Crippen LogP contribution in [0.5, 0.6) is 0 Å². The second kappa shape index (κ2) is 10.6. The molecule has 1 heterocycles. The third-order valence-corrected chi connectivity index (χ3v) is 11.5. The lowest BCUT2D eigenvalue weighted by molar-refractivity contribution is 0.748. The van der Waals surface area contributed by atoms with Crippen LogP contribution in [-0.2, 0) is 5.41 Å². The summed E-state index contributed by atoms with van der Waals surface area (Å²) >= 11 is 0. The number of aryl methyl sites for hydroxylation is 1. The Kier molecular flexibility index (Phi) is 5.89. The summed E-state index contributed by atoms with van der Waals surface area (Å²) in [6.07, 6.45) is 5.68. The van der Waals surface area contributed by atoms with Crippen LogP contribution < -0.4 is 4.90 Å². The molecule has 0 aliphatic heterocycles. The van der Waals surface area contributed by atoms with Crippen molar-refractivity contribution in [3.05, 3.63) is 209 Å². The van der Waals surface area contributed by atoms with Crippen LogP contribution in [0.25, 0.3) is 44.2 Å². The lowest BCUT2D eigenvalue weighted by atomic mass is 9.69. The fraction of sp³-hybridized carbons (Fsp3) is 0.0612. The first kappa shape index (κ1) is 28.5. The van der Waals surface area contributed by atoms with Crippen LogP contribution in [0.2, 0.25) is 0 Å². The van der Waals surface area contributed by atoms with Crippen LogP contribution in [0.3, 0.4) is 0 Å². The lowest BCUT2D eigenvalue weighted by Crippen LogP contribution is -2.27. The third kappa shape index (κ3) is 3.82. The smallest absolute Gasteiger partial charge is 0.0692 e. The molecule has 1 aromatic heterocycles. The minimum absolute atomic E-state index is 0.322. The molecule has 0 saturated carbocycles. The van der Waals surface area contributed by atoms with E-state index in [1.54, 1.807) is 0 Å². The van der Waals surface area contributed by atoms with E-state index in [0.29, 0.717) is 0 Å². The number of para-hydroxylation sites is 3. The van der Waals surface area contributed by atoms with Gasteiger partial charge in [0.15, 0.2) is 0 Å². The van der Waals surface area contributed by atoms with E-state index >= 15 is 0 Å². The summed E-state index contributed by atoms with van der Waals surface area (Å²) in [4.78, 5) is 2.44. The maximum absolute atomic E-state index is 2.50. The van der Waals surface area contributed by atoms with Gasteiger partial charge in [-0.1, -0.05) is 121 Å². The summed E-state index contributed by atoms with van der Waals surface area (Å²) in [6.45, 7) is 2.23. The predicted molar refractivity (Wildman–Crippen MR) is 213 cm³/mol. The number of nitrogens with zero attached hydrogens (tertiary/aromatic N) is 2. The zero-order valence-corrected chi connectivity index (χ0v) is 28.3. The van der Waals surface area contributed by atoms with Crippen LogP contribution in [0.15, 0.2) is 182 Å². The number of hydrogen-bond donors (Lipinski definition) is 0. The highest BCUT2D eigenvalue weighted by atomic mass is 15.1. The number of rotatable bonds is 4. The van der Waals surface area contributed by atoms with E-state index in [9.17, 15) is 0 Å². The Morgan fingerprint density at radius 3 is 2.06 bits per heavy atom. The third-order valence-electron chi connectivity index (χ3n) is 11.5. The predicted octanol–water partition coefficient (Wildman–Crippen LogP) is 12.6. The largest absolute Gasteiger partial charge is 0.310 e. The zero-order valence-electron chi connectivity index (χ0n) is 28.3. The Hall–Kier alpha value is -6.38. The van der Waals surface area contributed by atoms with Gasteiger partial charge in [-0.15, -0.1) is 0 Å². The monoisotopic (exact) mass is 650 g/mol. The van der Waals surface area contributed by atoms with Gasteiger partial charge in [0.2, 0.25) is 0 Å². The SMILES string of the molecule is Cc1ccc2c(c1)C1(C3=C2C=CC3)c2ccccc2-c2ccc(N(c3ccccc3)c3ccc4c(c3)c3ccccc3n4-c3ccccc3)cc21. The van der Waals surface area contributed by atoms with Gasteiger partial charge in [0.05, 0.1) is 16.4 Å². The van der Waals surface area contributed by atoms with Crippen molar-refractivity contribution in [3.8, 4) is 16.8 Å². The van der Waals surface area contributed by atoms with Crippen LogP contribution in [0, 0.1) is 6.92 Å². The Labute approximate surface area is 297 Å². The molecule has 240 valence electrons. The number of anilines is 3. The fourth-order valence-corrected chi connectivity index (χ4v) is 9.48. The molecule has 2 heteroatoms. The van der Waals surface area contributed by atoms with E-state index in [1.807, 2.05) is 0 Å². The summed E-state index contributed by atoms with van der Waals surface area (Å²) < 4.78 is 2.39. The van der Waals surface area contributed by atoms with Gasteiger partial charge in [-0.05, 0) is 119 Å². The Bertz CT molecular complexity index is 2780. The lowest BCUT2D eigenvalue weighted by Gasteiger charge is -2.33. The second-order valence-electron chi connectivity index (χ2n) is 14.1. The van der Waals surface area contributed by atoms with Gasteiger partial charge in [-0.3, -0.25) is 0 Å². The average Bonchev–Trinajstić information content (AvgIpc) is 3.93. The van der Waals surface area contributed by atoms with E-state index < -0.39 is 0 Å². The van der Waals surface area contributed by atoms with Gasteiger partial charge in [0.1, 0.15) is 0 Å². The van der Waals surface area contributed by atoms with Crippen molar-refractivity contribution < 1.29 is 0 Å². The summed E-state index contributed by atoms with van der Waals surface area (Å²) in [7, 11) is 0. The normalized spacial score (nSPS) is 16.6. The Morgan fingerprint density at radius 2 is 1.18 bits per heavy atom. The topological polar surface area (TPSA) is 8.17 Å². The van der Waals surface area contributed by atoms with E-state index in [2.05, 4.69) is 192 Å². The van der Waals surface area contributed by atoms with Gasteiger partial charge in [-0.25, -0.2) is 0 Å². The molecule has 3 aliphatic carbocycles. The molecular formula is C49H34N2. The van der Waals surface area contributed by atoms with Crippen LogP contribution in [-0.4, -0.2) is 4.57 Å². The van der Waals surface area contributed by atoms with E-state index in [4.69, 9.17) is 0 Å². The van der Waals surface area contributed by atoms with Crippen molar-refractivity contribution in [2.75, 3.05) is 4.90 Å². The average molecular weight is 651 g/mol. The first-order chi connectivity index (χ1) is 25.2. The van der Waals surface area contributed by atoms with Crippen molar-refractivity contribution >= 4 is 44.4 Å². The Morgan fingerprint density at radius 1 is 0.510 bits per heavy atom. The number of benzene rings is 7. The standard InChI is InChI=1S/C49H34N2/c1-32-23-26-39-38-19-12-21-44(38)49(45(39)29-32)43-20-10-8-17-37(43)40-27-24-36(31-46(40)49)50(33-13-4-2-5-14-33)35-25-28-48-42(30-35)41-18-9-11-22-47(41)51(48)34-15-6-3-7-16-34/h2-20,22-31H,21H2,1H3. The highest BCUT2D eigenvalue weighted by molar-refractivity contribution is 6.11. The van der Waals surface area contributed by atoms with Crippen LogP contribution >= 0.6 is 0 Å². The first-order valence-corrected chi connectivity index (χ1v) is 17.9. The van der Waals surface area contributed by atoms with Crippen LogP contribution in [0.1, 0.15) is 34.2 Å². The molecule has 0 amide bonds. The minimum atomic E-state index is -0.322. The van der Waals surface area contributed by atoms with E-state index in [-0.39, 0.29) is 5.41 Å². The molecule has 0 N–H and O–H groups in total. The maximum atomic E-state index is 2.50. The molecule has 0 radical (unpaired) electrons. The maximum Gasteiger partial charge on any atom is 0.0692 e. The zero-order chi connectivity index (χ0) is 33.7. The van der Waals surface area contributed by atoms with Gasteiger partial charge >= 0.3 is 0 Å².